The maximum Gasteiger partial charge on any atom is 0.239 e. The molecule has 2 rings (SSSR count). The zero-order valence-corrected chi connectivity index (χ0v) is 12.3. The average Bonchev–Trinajstić information content (AvgIpc) is 3.11. The van der Waals surface area contributed by atoms with Crippen LogP contribution in [0.3, 0.4) is 0 Å². The molecule has 19 heavy (non-hydrogen) atoms. The highest BCUT2D eigenvalue weighted by molar-refractivity contribution is 6.30. The molecule has 0 heterocycles. The number of hydrogen-bond donors (Lipinski definition) is 2. The molecule has 1 aromatic rings. The monoisotopic (exact) mass is 304 g/mol. The van der Waals surface area contributed by atoms with Crippen molar-refractivity contribution in [3.05, 3.63) is 34.9 Å². The third-order valence-corrected chi connectivity index (χ3v) is 3.44. The molecule has 1 aliphatic carbocycles. The van der Waals surface area contributed by atoms with E-state index in [1.54, 1.807) is 0 Å². The fraction of sp³-hybridized carbons (Fsp3) is 0.462. The highest BCUT2D eigenvalue weighted by atomic mass is 35.5. The molecule has 0 aliphatic heterocycles. The molecular weight excluding hydrogens is 287 g/mol. The van der Waals surface area contributed by atoms with Crippen LogP contribution in [0.1, 0.15) is 18.4 Å². The molecule has 1 fully saturated rings. The van der Waals surface area contributed by atoms with Crippen LogP contribution in [0.2, 0.25) is 5.02 Å². The van der Waals surface area contributed by atoms with Crippen LogP contribution in [0, 0.1) is 0 Å². The van der Waals surface area contributed by atoms with Gasteiger partial charge in [0.05, 0.1) is 12.1 Å². The lowest BCUT2D eigenvalue weighted by atomic mass is 10.0. The van der Waals surface area contributed by atoms with E-state index in [0.29, 0.717) is 5.02 Å². The normalized spacial score (nSPS) is 17.2. The summed E-state index contributed by atoms with van der Waals surface area (Å²) in [6, 6.07) is 6.92. The summed E-state index contributed by atoms with van der Waals surface area (Å²) in [5.41, 5.74) is 6.52. The predicted molar refractivity (Wildman–Crippen MR) is 77.6 cm³/mol. The van der Waals surface area contributed by atoms with Gasteiger partial charge in [0.15, 0.2) is 0 Å². The minimum Gasteiger partial charge on any atom is -0.383 e. The first kappa shape index (κ1) is 16.2. The molecule has 1 saturated carbocycles. The van der Waals surface area contributed by atoms with Gasteiger partial charge in [-0.1, -0.05) is 23.7 Å². The number of carbonyl (C=O) groups is 1. The van der Waals surface area contributed by atoms with Gasteiger partial charge in [0, 0.05) is 12.1 Å². The van der Waals surface area contributed by atoms with E-state index in [-0.39, 0.29) is 30.5 Å². The molecule has 0 bridgehead atoms. The van der Waals surface area contributed by atoms with Gasteiger partial charge in [-0.3, -0.25) is 4.79 Å². The van der Waals surface area contributed by atoms with E-state index in [1.165, 1.54) is 7.11 Å². The minimum atomic E-state index is -0.625. The molecule has 0 spiro atoms. The molecule has 1 atom stereocenters. The van der Waals surface area contributed by atoms with Crippen LogP contribution in [0.25, 0.3) is 0 Å². The van der Waals surface area contributed by atoms with Crippen LogP contribution in [-0.4, -0.2) is 25.7 Å². The highest BCUT2D eigenvalue weighted by Crippen LogP contribution is 2.45. The van der Waals surface area contributed by atoms with Crippen molar-refractivity contribution >= 4 is 29.9 Å². The van der Waals surface area contributed by atoms with Gasteiger partial charge in [-0.25, -0.2) is 0 Å². The minimum absolute atomic E-state index is 0. The summed E-state index contributed by atoms with van der Waals surface area (Å²) in [6.07, 6.45) is 1.86. The largest absolute Gasteiger partial charge is 0.383 e. The fourth-order valence-corrected chi connectivity index (χ4v) is 2.09. The fourth-order valence-electron chi connectivity index (χ4n) is 1.96. The first-order valence-corrected chi connectivity index (χ1v) is 6.28. The number of halogens is 2. The Bertz CT molecular complexity index is 433. The van der Waals surface area contributed by atoms with E-state index in [0.717, 1.165) is 18.4 Å². The molecule has 1 aromatic carbocycles. The number of ether oxygens (including phenoxy) is 1. The van der Waals surface area contributed by atoms with Gasteiger partial charge in [0.1, 0.15) is 6.04 Å². The second-order valence-corrected chi connectivity index (χ2v) is 5.08. The van der Waals surface area contributed by atoms with Crippen molar-refractivity contribution in [1.29, 1.82) is 0 Å². The number of nitrogens with two attached hydrogens (primary N) is 1. The lowest BCUT2D eigenvalue weighted by molar-refractivity contribution is -0.124. The van der Waals surface area contributed by atoms with Gasteiger partial charge in [0.25, 0.3) is 0 Å². The van der Waals surface area contributed by atoms with Gasteiger partial charge >= 0.3 is 0 Å². The molecule has 4 nitrogen and oxygen atoms in total. The molecule has 106 valence electrons. The van der Waals surface area contributed by atoms with Gasteiger partial charge in [-0.05, 0) is 30.5 Å². The summed E-state index contributed by atoms with van der Waals surface area (Å²) in [7, 11) is 1.53. The van der Waals surface area contributed by atoms with Crippen molar-refractivity contribution < 1.29 is 9.53 Å². The number of carbonyl (C=O) groups excluding carboxylic acids is 1. The Morgan fingerprint density at radius 1 is 1.47 bits per heavy atom. The predicted octanol–water partition coefficient (Wildman–Crippen LogP) is 1.84. The molecule has 0 radical (unpaired) electrons. The number of amides is 1. The second-order valence-electron chi connectivity index (χ2n) is 4.64. The smallest absolute Gasteiger partial charge is 0.239 e. The van der Waals surface area contributed by atoms with E-state index in [2.05, 4.69) is 5.32 Å². The lowest BCUT2D eigenvalue weighted by Gasteiger charge is -2.20. The van der Waals surface area contributed by atoms with Crippen molar-refractivity contribution in [2.75, 3.05) is 13.7 Å². The molecule has 3 N–H and O–H groups in total. The topological polar surface area (TPSA) is 64.3 Å². The number of hydrogen-bond acceptors (Lipinski definition) is 3. The summed E-state index contributed by atoms with van der Waals surface area (Å²) in [5.74, 6) is -0.177. The van der Waals surface area contributed by atoms with Crippen molar-refractivity contribution in [3.8, 4) is 0 Å². The Balaban J connectivity index is 0.00000180. The number of benzene rings is 1. The van der Waals surface area contributed by atoms with Gasteiger partial charge in [-0.2, -0.15) is 0 Å². The van der Waals surface area contributed by atoms with Gasteiger partial charge in [0.2, 0.25) is 5.91 Å². The van der Waals surface area contributed by atoms with Crippen molar-refractivity contribution in [1.82, 2.24) is 5.32 Å². The van der Waals surface area contributed by atoms with E-state index in [1.807, 2.05) is 24.3 Å². The first-order chi connectivity index (χ1) is 8.57. The van der Waals surface area contributed by atoms with Crippen LogP contribution in [0.5, 0.6) is 0 Å². The Morgan fingerprint density at radius 2 is 2.05 bits per heavy atom. The van der Waals surface area contributed by atoms with Gasteiger partial charge in [-0.15, -0.1) is 12.4 Å². The third kappa shape index (κ3) is 3.83. The van der Waals surface area contributed by atoms with Crippen LogP contribution >= 0.6 is 24.0 Å². The van der Waals surface area contributed by atoms with Gasteiger partial charge < -0.3 is 15.8 Å². The molecule has 1 unspecified atom stereocenters. The Hall–Kier alpha value is -0.810. The Labute approximate surface area is 124 Å². The maximum absolute atomic E-state index is 11.9. The summed E-state index contributed by atoms with van der Waals surface area (Å²) < 4.78 is 4.88. The third-order valence-electron chi connectivity index (χ3n) is 3.19. The molecule has 0 saturated heterocycles. The lowest BCUT2D eigenvalue weighted by Crippen LogP contribution is -2.47. The average molecular weight is 305 g/mol. The SMILES string of the molecule is COCC(N)C(=O)NC1(c2ccc(Cl)cc2)CC1.Cl. The zero-order chi connectivity index (χ0) is 13.2. The van der Waals surface area contributed by atoms with Crippen LogP contribution in [0.4, 0.5) is 0 Å². The summed E-state index contributed by atoms with van der Waals surface area (Å²) in [6.45, 7) is 0.225. The summed E-state index contributed by atoms with van der Waals surface area (Å²) in [4.78, 5) is 11.9. The van der Waals surface area contributed by atoms with E-state index < -0.39 is 6.04 Å². The molecular formula is C13H18Cl2N2O2. The van der Waals surface area contributed by atoms with Crippen LogP contribution < -0.4 is 11.1 Å². The van der Waals surface area contributed by atoms with Crippen LogP contribution in [0.15, 0.2) is 24.3 Å². The summed E-state index contributed by atoms with van der Waals surface area (Å²) >= 11 is 5.86. The molecule has 0 aromatic heterocycles. The number of rotatable bonds is 5. The highest BCUT2D eigenvalue weighted by Gasteiger charge is 2.46. The van der Waals surface area contributed by atoms with Crippen LogP contribution in [-0.2, 0) is 15.1 Å². The Morgan fingerprint density at radius 3 is 2.53 bits per heavy atom. The zero-order valence-electron chi connectivity index (χ0n) is 10.7. The molecule has 6 heteroatoms. The quantitative estimate of drug-likeness (QED) is 0.872. The maximum atomic E-state index is 11.9. The first-order valence-electron chi connectivity index (χ1n) is 5.90. The number of methoxy groups -OCH3 is 1. The van der Waals surface area contributed by atoms with Crippen molar-refractivity contribution in [3.63, 3.8) is 0 Å². The number of nitrogens with one attached hydrogen (secondary N) is 1. The molecule has 1 aliphatic rings. The van der Waals surface area contributed by atoms with E-state index in [9.17, 15) is 4.79 Å². The molecule has 1 amide bonds. The summed E-state index contributed by atoms with van der Waals surface area (Å²) in [5, 5.41) is 3.69. The van der Waals surface area contributed by atoms with E-state index in [4.69, 9.17) is 22.1 Å². The standard InChI is InChI=1S/C13H17ClN2O2.ClH/c1-18-8-11(15)12(17)16-13(6-7-13)9-2-4-10(14)5-3-9;/h2-5,11H,6-8,15H2,1H3,(H,16,17);1H. The van der Waals surface area contributed by atoms with Crippen molar-refractivity contribution in [2.24, 2.45) is 5.73 Å². The van der Waals surface area contributed by atoms with Crippen molar-refractivity contribution in [2.45, 2.75) is 24.4 Å². The Kier molecular flexibility index (Phi) is 5.62. The second kappa shape index (κ2) is 6.57. The van der Waals surface area contributed by atoms with E-state index >= 15 is 0 Å².